The summed E-state index contributed by atoms with van der Waals surface area (Å²) in [6, 6.07) is 20.8. The monoisotopic (exact) mass is 548 g/mol. The van der Waals surface area contributed by atoms with E-state index in [0.717, 1.165) is 9.78 Å². The molecule has 3 heterocycles. The molecule has 1 aromatic heterocycles. The number of hydrogen-bond donors (Lipinski definition) is 1. The maximum atomic E-state index is 13.6. The topological polar surface area (TPSA) is 110 Å². The highest BCUT2D eigenvalue weighted by Crippen LogP contribution is 2.39. The van der Waals surface area contributed by atoms with Crippen molar-refractivity contribution < 1.29 is 28.1 Å². The number of amides is 2. The fraction of sp³-hybridized carbons (Fsp3) is 0.214. The third kappa shape index (κ3) is 4.72. The number of thiophene rings is 1. The van der Waals surface area contributed by atoms with Gasteiger partial charge in [-0.3, -0.25) is 23.5 Å². The summed E-state index contributed by atoms with van der Waals surface area (Å²) in [4.78, 5) is 53.4. The Bertz CT molecular complexity index is 1380. The molecule has 5 rings (SSSR count). The number of hydrogen-bond acceptors (Lipinski definition) is 7. The Hall–Kier alpha value is -3.89. The minimum Gasteiger partial charge on any atom is -0.448 e. The molecule has 2 aliphatic rings. The molecule has 8 nitrogen and oxygen atoms in total. The molecule has 3 aromatic rings. The number of nitrogens with one attached hydrogen (secondary N) is 1. The van der Waals surface area contributed by atoms with Gasteiger partial charge >= 0.3 is 5.97 Å². The van der Waals surface area contributed by atoms with Crippen molar-refractivity contribution in [3.05, 3.63) is 105 Å². The zero-order valence-corrected chi connectivity index (χ0v) is 21.9. The van der Waals surface area contributed by atoms with Crippen LogP contribution in [0.15, 0.2) is 89.4 Å². The molecule has 38 heavy (non-hydrogen) atoms. The number of rotatable bonds is 8. The maximum Gasteiger partial charge on any atom is 0.356 e. The fourth-order valence-electron chi connectivity index (χ4n) is 4.65. The van der Waals surface area contributed by atoms with Crippen LogP contribution in [-0.2, 0) is 41.1 Å². The molecule has 0 spiro atoms. The maximum absolute atomic E-state index is 13.6. The number of β-lactam (4-membered cyclic amide) rings is 1. The molecule has 1 N–H and O–H groups in total. The van der Waals surface area contributed by atoms with Crippen molar-refractivity contribution in [2.24, 2.45) is 0 Å². The van der Waals surface area contributed by atoms with Crippen LogP contribution < -0.4 is 5.32 Å². The standard InChI is InChI=1S/C28H24N2O6S2/c1-17-21(16-31)24(28(34)36-25(18-9-4-2-5-10-18)19-11-6-3-7-12-19)30-26(33)23(27(30)38(17)35)29-22(32)15-20-13-8-14-37-20/h2-14,16-17,23,25,27H,15H2,1H3,(H,29,32)/t17-,23?,27-,38?/m1/s1. The molecule has 4 atom stereocenters. The van der Waals surface area contributed by atoms with Crippen LogP contribution >= 0.6 is 11.3 Å². The summed E-state index contributed by atoms with van der Waals surface area (Å²) in [5, 5.41) is 2.68. The van der Waals surface area contributed by atoms with Gasteiger partial charge in [-0.05, 0) is 29.5 Å². The molecule has 2 amide bonds. The lowest BCUT2D eigenvalue weighted by molar-refractivity contribution is -0.155. The molecule has 2 aliphatic heterocycles. The fourth-order valence-corrected chi connectivity index (χ4v) is 7.06. The molecular formula is C28H24N2O6S2. The van der Waals surface area contributed by atoms with Crippen molar-refractivity contribution in [1.82, 2.24) is 10.2 Å². The third-order valence-corrected chi connectivity index (χ3v) is 9.35. The van der Waals surface area contributed by atoms with Crippen molar-refractivity contribution in [2.75, 3.05) is 0 Å². The lowest BCUT2D eigenvalue weighted by Gasteiger charge is -2.50. The summed E-state index contributed by atoms with van der Waals surface area (Å²) in [6.07, 6.45) is -0.272. The van der Waals surface area contributed by atoms with Crippen LogP contribution in [0.3, 0.4) is 0 Å². The molecule has 0 bridgehead atoms. The molecule has 1 saturated heterocycles. The summed E-state index contributed by atoms with van der Waals surface area (Å²) >= 11 is 1.41. The van der Waals surface area contributed by atoms with E-state index in [4.69, 9.17) is 4.74 Å². The van der Waals surface area contributed by atoms with Gasteiger partial charge in [-0.2, -0.15) is 0 Å². The van der Waals surface area contributed by atoms with Gasteiger partial charge in [-0.1, -0.05) is 66.7 Å². The van der Waals surface area contributed by atoms with Crippen LogP contribution in [0.1, 0.15) is 29.0 Å². The molecule has 0 saturated carbocycles. The van der Waals surface area contributed by atoms with Gasteiger partial charge in [0.1, 0.15) is 23.4 Å². The van der Waals surface area contributed by atoms with Crippen LogP contribution in [-0.4, -0.2) is 49.8 Å². The SMILES string of the molecule is C[C@@H]1C(C=O)=C(C(=O)OC(c2ccccc2)c2ccccc2)N2C(=O)C(NC(=O)Cc3cccs3)[C@H]2S1=O. The number of ether oxygens (including phenoxy) is 1. The van der Waals surface area contributed by atoms with Gasteiger partial charge in [-0.25, -0.2) is 4.79 Å². The first-order valence-electron chi connectivity index (χ1n) is 11.9. The van der Waals surface area contributed by atoms with Crippen LogP contribution in [0.2, 0.25) is 0 Å². The summed E-state index contributed by atoms with van der Waals surface area (Å²) in [7, 11) is -1.73. The Morgan fingerprint density at radius 1 is 1.05 bits per heavy atom. The normalized spacial score (nSPS) is 22.5. The van der Waals surface area contributed by atoms with Gasteiger partial charge in [0.05, 0.1) is 22.5 Å². The minimum absolute atomic E-state index is 0.0684. The third-order valence-electron chi connectivity index (χ3n) is 6.56. The van der Waals surface area contributed by atoms with Crippen molar-refractivity contribution in [1.29, 1.82) is 0 Å². The van der Waals surface area contributed by atoms with E-state index >= 15 is 0 Å². The summed E-state index contributed by atoms with van der Waals surface area (Å²) in [5.41, 5.74) is 1.11. The summed E-state index contributed by atoms with van der Waals surface area (Å²) in [5.74, 6) is -1.88. The van der Waals surface area contributed by atoms with E-state index in [0.29, 0.717) is 17.4 Å². The lowest BCUT2D eigenvalue weighted by Crippen LogP contribution is -2.74. The molecule has 2 aromatic carbocycles. The highest BCUT2D eigenvalue weighted by atomic mass is 32.2. The van der Waals surface area contributed by atoms with Gasteiger partial charge < -0.3 is 10.1 Å². The molecule has 10 heteroatoms. The molecule has 2 unspecified atom stereocenters. The average Bonchev–Trinajstić information content (AvgIpc) is 3.45. The number of nitrogens with zero attached hydrogens (tertiary/aromatic N) is 1. The second kappa shape index (κ2) is 10.8. The van der Waals surface area contributed by atoms with E-state index in [1.165, 1.54) is 11.3 Å². The average molecular weight is 549 g/mol. The molecule has 194 valence electrons. The molecule has 0 aliphatic carbocycles. The van der Waals surface area contributed by atoms with Gasteiger partial charge in [0.25, 0.3) is 5.91 Å². The van der Waals surface area contributed by atoms with E-state index in [2.05, 4.69) is 5.32 Å². The minimum atomic E-state index is -1.73. The van der Waals surface area contributed by atoms with Gasteiger partial charge in [0.15, 0.2) is 6.10 Å². The lowest BCUT2D eigenvalue weighted by atomic mass is 9.99. The Kier molecular flexibility index (Phi) is 7.35. The van der Waals surface area contributed by atoms with E-state index in [9.17, 15) is 23.4 Å². The Balaban J connectivity index is 1.43. The number of aldehydes is 1. The van der Waals surface area contributed by atoms with Crippen LogP contribution in [0.4, 0.5) is 0 Å². The van der Waals surface area contributed by atoms with Crippen LogP contribution in [0.25, 0.3) is 0 Å². The number of fused-ring (bicyclic) bond motifs is 1. The second-order valence-corrected chi connectivity index (χ2v) is 11.8. The Labute approximate surface area is 225 Å². The highest BCUT2D eigenvalue weighted by molar-refractivity contribution is 7.86. The quantitative estimate of drug-likeness (QED) is 0.263. The molecular weight excluding hydrogens is 524 g/mol. The van der Waals surface area contributed by atoms with Crippen LogP contribution in [0, 0.1) is 0 Å². The van der Waals surface area contributed by atoms with E-state index < -0.39 is 51.4 Å². The number of benzene rings is 2. The number of carbonyl (C=O) groups excluding carboxylic acids is 4. The van der Waals surface area contributed by atoms with Gasteiger partial charge in [0.2, 0.25) is 5.91 Å². The van der Waals surface area contributed by atoms with E-state index in [1.54, 1.807) is 6.92 Å². The second-order valence-electron chi connectivity index (χ2n) is 8.90. The molecule has 0 radical (unpaired) electrons. The predicted molar refractivity (Wildman–Crippen MR) is 142 cm³/mol. The van der Waals surface area contributed by atoms with Crippen LogP contribution in [0.5, 0.6) is 0 Å². The zero-order chi connectivity index (χ0) is 26.8. The van der Waals surface area contributed by atoms with Gasteiger partial charge in [0, 0.05) is 10.5 Å². The predicted octanol–water partition coefficient (Wildman–Crippen LogP) is 2.88. The first-order chi connectivity index (χ1) is 18.4. The van der Waals surface area contributed by atoms with Crippen molar-refractivity contribution in [3.8, 4) is 0 Å². The smallest absolute Gasteiger partial charge is 0.356 e. The first-order valence-corrected chi connectivity index (χ1v) is 14.1. The van der Waals surface area contributed by atoms with Gasteiger partial charge in [-0.15, -0.1) is 11.3 Å². The summed E-state index contributed by atoms with van der Waals surface area (Å²) < 4.78 is 19.2. The highest BCUT2D eigenvalue weighted by Gasteiger charge is 2.59. The largest absolute Gasteiger partial charge is 0.448 e. The summed E-state index contributed by atoms with van der Waals surface area (Å²) in [6.45, 7) is 1.56. The van der Waals surface area contributed by atoms with Crippen molar-refractivity contribution in [3.63, 3.8) is 0 Å². The van der Waals surface area contributed by atoms with E-state index in [1.807, 2.05) is 78.2 Å². The van der Waals surface area contributed by atoms with E-state index in [-0.39, 0.29) is 17.7 Å². The van der Waals surface area contributed by atoms with Crippen molar-refractivity contribution >= 4 is 46.2 Å². The Morgan fingerprint density at radius 3 is 2.24 bits per heavy atom. The zero-order valence-electron chi connectivity index (χ0n) is 20.3. The number of esters is 1. The number of carbonyl (C=O) groups is 4. The molecule has 1 fully saturated rings. The van der Waals surface area contributed by atoms with Crippen molar-refractivity contribution in [2.45, 2.75) is 36.1 Å². The first kappa shape index (κ1) is 25.7. The Morgan fingerprint density at radius 2 is 1.68 bits per heavy atom.